The first-order valence-corrected chi connectivity index (χ1v) is 7.22. The van der Waals surface area contributed by atoms with Crippen molar-refractivity contribution in [1.29, 1.82) is 0 Å². The van der Waals surface area contributed by atoms with E-state index in [1.54, 1.807) is 0 Å². The van der Waals surface area contributed by atoms with Crippen LogP contribution in [-0.2, 0) is 12.8 Å². The van der Waals surface area contributed by atoms with E-state index in [1.807, 2.05) is 0 Å². The van der Waals surface area contributed by atoms with E-state index in [9.17, 15) is 0 Å². The molecular weight excluding hydrogens is 240 g/mol. The molecular formula is C16H18OS. The molecule has 0 unspecified atom stereocenters. The fourth-order valence-corrected chi connectivity index (χ4v) is 2.29. The lowest BCUT2D eigenvalue weighted by atomic mass is 10.0. The summed E-state index contributed by atoms with van der Waals surface area (Å²) < 4.78 is 8.73. The van der Waals surface area contributed by atoms with Gasteiger partial charge >= 0.3 is 0 Å². The second-order valence-electron chi connectivity index (χ2n) is 4.33. The molecule has 18 heavy (non-hydrogen) atoms. The zero-order valence-corrected chi connectivity index (χ0v) is 11.4. The lowest BCUT2D eigenvalue weighted by Crippen LogP contribution is -1.88. The van der Waals surface area contributed by atoms with E-state index in [0.29, 0.717) is 0 Å². The first-order chi connectivity index (χ1) is 8.83. The van der Waals surface area contributed by atoms with Gasteiger partial charge in [0.15, 0.2) is 0 Å². The Morgan fingerprint density at radius 3 is 1.78 bits per heavy atom. The van der Waals surface area contributed by atoms with Crippen molar-refractivity contribution in [2.45, 2.75) is 19.8 Å². The van der Waals surface area contributed by atoms with Gasteiger partial charge in [0.1, 0.15) is 0 Å². The van der Waals surface area contributed by atoms with Gasteiger partial charge in [-0.25, -0.2) is 0 Å². The zero-order chi connectivity index (χ0) is 12.8. The molecule has 0 saturated carbocycles. The summed E-state index contributed by atoms with van der Waals surface area (Å²) in [7, 11) is 0. The molecule has 0 fully saturated rings. The molecule has 0 radical (unpaired) electrons. The van der Waals surface area contributed by atoms with Crippen molar-refractivity contribution in [3.8, 4) is 11.1 Å². The van der Waals surface area contributed by atoms with E-state index in [0.717, 1.165) is 30.6 Å². The number of hydrogen-bond donors (Lipinski definition) is 1. The number of aryl methyl sites for hydroxylation is 2. The average Bonchev–Trinajstić information content (AvgIpc) is 2.46. The monoisotopic (exact) mass is 258 g/mol. The molecule has 0 heterocycles. The maximum atomic E-state index is 8.73. The summed E-state index contributed by atoms with van der Waals surface area (Å²) in [5.74, 6) is 0.755. The molecule has 0 aromatic heterocycles. The van der Waals surface area contributed by atoms with Crippen molar-refractivity contribution in [2.75, 3.05) is 5.75 Å². The molecule has 94 valence electrons. The Hall–Kier alpha value is -1.25. The zero-order valence-electron chi connectivity index (χ0n) is 10.6. The third kappa shape index (κ3) is 3.37. The Labute approximate surface area is 113 Å². The first kappa shape index (κ1) is 13.2. The number of rotatable bonds is 5. The van der Waals surface area contributed by atoms with Crippen LogP contribution in [0.5, 0.6) is 0 Å². The van der Waals surface area contributed by atoms with Crippen molar-refractivity contribution in [1.82, 2.24) is 0 Å². The second-order valence-corrected chi connectivity index (χ2v) is 5.00. The van der Waals surface area contributed by atoms with Crippen LogP contribution in [-0.4, -0.2) is 10.3 Å². The summed E-state index contributed by atoms with van der Waals surface area (Å²) >= 11 is 0.901. The standard InChI is InChI=1S/C16H18OS/c1-2-13-3-7-15(8-4-13)16-9-5-14(6-10-16)11-12-18-17/h3-10,17H,2,11-12H2,1H3. The Morgan fingerprint density at radius 2 is 1.33 bits per heavy atom. The fourth-order valence-electron chi connectivity index (χ4n) is 1.96. The highest BCUT2D eigenvalue weighted by Gasteiger charge is 1.98. The van der Waals surface area contributed by atoms with Crippen molar-refractivity contribution in [3.05, 3.63) is 59.7 Å². The van der Waals surface area contributed by atoms with E-state index >= 15 is 0 Å². The minimum absolute atomic E-state index is 0.755. The minimum Gasteiger partial charge on any atom is -0.330 e. The Kier molecular flexibility index (Phi) is 4.85. The first-order valence-electron chi connectivity index (χ1n) is 6.28. The molecule has 0 aliphatic carbocycles. The van der Waals surface area contributed by atoms with Gasteiger partial charge in [-0.15, -0.1) is 0 Å². The Bertz CT molecular complexity index is 473. The van der Waals surface area contributed by atoms with Gasteiger partial charge in [-0.3, -0.25) is 0 Å². The van der Waals surface area contributed by atoms with Crippen LogP contribution in [0.4, 0.5) is 0 Å². The fraction of sp³-hybridized carbons (Fsp3) is 0.250. The van der Waals surface area contributed by atoms with Crippen molar-refractivity contribution >= 4 is 12.0 Å². The van der Waals surface area contributed by atoms with E-state index in [1.165, 1.54) is 22.3 Å². The second kappa shape index (κ2) is 6.62. The lowest BCUT2D eigenvalue weighted by molar-refractivity contribution is 0.663. The maximum Gasteiger partial charge on any atom is 0.0235 e. The molecule has 0 atom stereocenters. The van der Waals surface area contributed by atoms with Crippen LogP contribution in [0.3, 0.4) is 0 Å². The molecule has 0 saturated heterocycles. The van der Waals surface area contributed by atoms with Crippen molar-refractivity contribution < 1.29 is 4.55 Å². The van der Waals surface area contributed by atoms with Gasteiger partial charge in [-0.05, 0) is 47.1 Å². The molecule has 0 aliphatic heterocycles. The maximum absolute atomic E-state index is 8.73. The Balaban J connectivity index is 2.12. The normalized spacial score (nSPS) is 10.6. The highest BCUT2D eigenvalue weighted by atomic mass is 32.2. The Morgan fingerprint density at radius 1 is 0.833 bits per heavy atom. The molecule has 0 bridgehead atoms. The molecule has 0 spiro atoms. The van der Waals surface area contributed by atoms with Gasteiger partial charge in [0.05, 0.1) is 0 Å². The number of hydrogen-bond acceptors (Lipinski definition) is 2. The van der Waals surface area contributed by atoms with Gasteiger partial charge in [0, 0.05) is 5.75 Å². The number of benzene rings is 2. The van der Waals surface area contributed by atoms with Gasteiger partial charge in [-0.2, -0.15) is 0 Å². The predicted molar refractivity (Wildman–Crippen MR) is 80.0 cm³/mol. The topological polar surface area (TPSA) is 20.2 Å². The average molecular weight is 258 g/mol. The molecule has 0 amide bonds. The largest absolute Gasteiger partial charge is 0.330 e. The summed E-state index contributed by atoms with van der Waals surface area (Å²) in [6.07, 6.45) is 1.99. The summed E-state index contributed by atoms with van der Waals surface area (Å²) in [5, 5.41) is 0. The summed E-state index contributed by atoms with van der Waals surface area (Å²) in [5.41, 5.74) is 5.15. The van der Waals surface area contributed by atoms with Crippen LogP contribution in [0.2, 0.25) is 0 Å². The third-order valence-corrected chi connectivity index (χ3v) is 3.52. The summed E-state index contributed by atoms with van der Waals surface area (Å²) in [6.45, 7) is 2.17. The molecule has 2 heteroatoms. The molecule has 0 aliphatic rings. The third-order valence-electron chi connectivity index (χ3n) is 3.13. The molecule has 2 rings (SSSR count). The van der Waals surface area contributed by atoms with Crippen LogP contribution in [0, 0.1) is 0 Å². The van der Waals surface area contributed by atoms with Gasteiger partial charge in [0.2, 0.25) is 0 Å². The molecule has 1 N–H and O–H groups in total. The predicted octanol–water partition coefficient (Wildman–Crippen LogP) is 4.66. The minimum atomic E-state index is 0.755. The quantitative estimate of drug-likeness (QED) is 0.787. The molecule has 2 aromatic rings. The van der Waals surface area contributed by atoms with Crippen LogP contribution < -0.4 is 0 Å². The van der Waals surface area contributed by atoms with E-state index in [4.69, 9.17) is 4.55 Å². The highest BCUT2D eigenvalue weighted by molar-refractivity contribution is 7.93. The molecule has 2 aromatic carbocycles. The lowest BCUT2D eigenvalue weighted by Gasteiger charge is -2.05. The van der Waals surface area contributed by atoms with Crippen LogP contribution in [0.25, 0.3) is 11.1 Å². The summed E-state index contributed by atoms with van der Waals surface area (Å²) in [4.78, 5) is 0. The SMILES string of the molecule is CCc1ccc(-c2ccc(CCSO)cc2)cc1. The van der Waals surface area contributed by atoms with E-state index in [-0.39, 0.29) is 0 Å². The van der Waals surface area contributed by atoms with Crippen LogP contribution in [0.15, 0.2) is 48.5 Å². The van der Waals surface area contributed by atoms with Crippen LogP contribution in [0.1, 0.15) is 18.1 Å². The van der Waals surface area contributed by atoms with Crippen molar-refractivity contribution in [2.24, 2.45) is 0 Å². The van der Waals surface area contributed by atoms with Gasteiger partial charge < -0.3 is 4.55 Å². The summed E-state index contributed by atoms with van der Waals surface area (Å²) in [6, 6.07) is 17.3. The highest BCUT2D eigenvalue weighted by Crippen LogP contribution is 2.21. The smallest absolute Gasteiger partial charge is 0.0235 e. The molecule has 1 nitrogen and oxygen atoms in total. The van der Waals surface area contributed by atoms with Crippen LogP contribution >= 0.6 is 12.0 Å². The van der Waals surface area contributed by atoms with Crippen molar-refractivity contribution in [3.63, 3.8) is 0 Å². The van der Waals surface area contributed by atoms with Gasteiger partial charge in [-0.1, -0.05) is 55.5 Å². The van der Waals surface area contributed by atoms with E-state index < -0.39 is 0 Å². The van der Waals surface area contributed by atoms with E-state index in [2.05, 4.69) is 55.5 Å². The van der Waals surface area contributed by atoms with Gasteiger partial charge in [0.25, 0.3) is 0 Å².